The summed E-state index contributed by atoms with van der Waals surface area (Å²) >= 11 is 1.72. The molecule has 26 heavy (non-hydrogen) atoms. The molecule has 0 saturated carbocycles. The maximum absolute atomic E-state index is 4.60. The molecule has 2 aromatic rings. The first kappa shape index (κ1) is 20.4. The van der Waals surface area contributed by atoms with Crippen LogP contribution in [-0.2, 0) is 13.0 Å². The number of nitrogens with zero attached hydrogens (tertiary/aromatic N) is 3. The van der Waals surface area contributed by atoms with E-state index in [1.165, 1.54) is 10.6 Å². The molecule has 1 atom stereocenters. The molecule has 0 fully saturated rings. The Morgan fingerprint density at radius 3 is 2.46 bits per heavy atom. The van der Waals surface area contributed by atoms with Gasteiger partial charge in [0.05, 0.1) is 23.3 Å². The number of guanidine groups is 1. The predicted molar refractivity (Wildman–Crippen MR) is 112 cm³/mol. The van der Waals surface area contributed by atoms with E-state index in [1.54, 1.807) is 11.3 Å². The molecular weight excluding hydrogens is 342 g/mol. The second kappa shape index (κ2) is 10.9. The van der Waals surface area contributed by atoms with Gasteiger partial charge in [-0.05, 0) is 25.1 Å². The lowest BCUT2D eigenvalue weighted by molar-refractivity contribution is 0.219. The number of aliphatic imine (C=N–C) groups is 1. The van der Waals surface area contributed by atoms with Crippen molar-refractivity contribution < 1.29 is 0 Å². The zero-order valence-electron chi connectivity index (χ0n) is 16.3. The minimum absolute atomic E-state index is 0.315. The van der Waals surface area contributed by atoms with E-state index in [0.29, 0.717) is 12.6 Å². The van der Waals surface area contributed by atoms with Crippen molar-refractivity contribution in [2.24, 2.45) is 4.99 Å². The third kappa shape index (κ3) is 5.81. The van der Waals surface area contributed by atoms with Crippen molar-refractivity contribution in [1.82, 2.24) is 20.5 Å². The highest BCUT2D eigenvalue weighted by atomic mass is 32.1. The zero-order chi connectivity index (χ0) is 18.8. The molecule has 142 valence electrons. The molecule has 1 aromatic heterocycles. The molecular formula is C20H31N5S. The summed E-state index contributed by atoms with van der Waals surface area (Å²) in [4.78, 5) is 11.4. The highest BCUT2D eigenvalue weighted by Crippen LogP contribution is 2.19. The Kier molecular flexibility index (Phi) is 8.58. The molecule has 2 rings (SSSR count). The molecule has 0 radical (unpaired) electrons. The van der Waals surface area contributed by atoms with Gasteiger partial charge in [-0.15, -0.1) is 11.3 Å². The quantitative estimate of drug-likeness (QED) is 0.522. The first-order chi connectivity index (χ1) is 12.7. The van der Waals surface area contributed by atoms with Crippen molar-refractivity contribution in [2.75, 3.05) is 26.7 Å². The predicted octanol–water partition coefficient (Wildman–Crippen LogP) is 3.45. The first-order valence-electron chi connectivity index (χ1n) is 9.38. The van der Waals surface area contributed by atoms with Crippen LogP contribution in [0.2, 0.25) is 0 Å². The minimum atomic E-state index is 0.315. The van der Waals surface area contributed by atoms with E-state index >= 15 is 0 Å². The number of rotatable bonds is 9. The van der Waals surface area contributed by atoms with Crippen LogP contribution in [0.15, 0.2) is 40.7 Å². The maximum atomic E-state index is 4.60. The van der Waals surface area contributed by atoms with Gasteiger partial charge in [0, 0.05) is 19.0 Å². The molecule has 1 unspecified atom stereocenters. The molecule has 0 bridgehead atoms. The highest BCUT2D eigenvalue weighted by Gasteiger charge is 2.18. The molecule has 0 saturated heterocycles. The minimum Gasteiger partial charge on any atom is -0.354 e. The second-order valence-electron chi connectivity index (χ2n) is 6.04. The summed E-state index contributed by atoms with van der Waals surface area (Å²) in [5.74, 6) is 0.809. The fourth-order valence-electron chi connectivity index (χ4n) is 2.98. The number of nitrogens with one attached hydrogen (secondary N) is 2. The van der Waals surface area contributed by atoms with Gasteiger partial charge in [0.2, 0.25) is 0 Å². The number of aromatic nitrogens is 1. The van der Waals surface area contributed by atoms with Gasteiger partial charge in [0.25, 0.3) is 0 Å². The van der Waals surface area contributed by atoms with Crippen LogP contribution in [0.5, 0.6) is 0 Å². The van der Waals surface area contributed by atoms with Crippen LogP contribution in [0.4, 0.5) is 0 Å². The van der Waals surface area contributed by atoms with Crippen molar-refractivity contribution >= 4 is 17.3 Å². The normalized spacial score (nSPS) is 13.0. The van der Waals surface area contributed by atoms with Crippen LogP contribution >= 0.6 is 11.3 Å². The van der Waals surface area contributed by atoms with Crippen LogP contribution in [0.1, 0.15) is 43.1 Å². The van der Waals surface area contributed by atoms with Gasteiger partial charge in [-0.2, -0.15) is 0 Å². The van der Waals surface area contributed by atoms with Crippen LogP contribution in [0.3, 0.4) is 0 Å². The number of hydrogen-bond donors (Lipinski definition) is 2. The van der Waals surface area contributed by atoms with Gasteiger partial charge in [0.1, 0.15) is 0 Å². The summed E-state index contributed by atoms with van der Waals surface area (Å²) in [5.41, 5.74) is 2.39. The van der Waals surface area contributed by atoms with Gasteiger partial charge in [0.15, 0.2) is 5.96 Å². The van der Waals surface area contributed by atoms with Gasteiger partial charge < -0.3 is 10.6 Å². The molecule has 0 aliphatic carbocycles. The Labute approximate surface area is 161 Å². The van der Waals surface area contributed by atoms with Gasteiger partial charge in [-0.25, -0.2) is 4.98 Å². The van der Waals surface area contributed by atoms with Crippen molar-refractivity contribution in [3.63, 3.8) is 0 Å². The molecule has 0 spiro atoms. The Morgan fingerprint density at radius 1 is 1.15 bits per heavy atom. The fraction of sp³-hybridized carbons (Fsp3) is 0.500. The summed E-state index contributed by atoms with van der Waals surface area (Å²) in [6, 6.07) is 11.0. The third-order valence-electron chi connectivity index (χ3n) is 4.46. The van der Waals surface area contributed by atoms with Crippen molar-refractivity contribution in [1.29, 1.82) is 0 Å². The van der Waals surface area contributed by atoms with Gasteiger partial charge in [-0.1, -0.05) is 51.1 Å². The smallest absolute Gasteiger partial charge is 0.191 e. The molecule has 0 aliphatic rings. The van der Waals surface area contributed by atoms with Crippen LogP contribution < -0.4 is 10.6 Å². The zero-order valence-corrected chi connectivity index (χ0v) is 17.1. The molecule has 0 amide bonds. The average molecular weight is 374 g/mol. The standard InChI is InChI=1S/C20H31N5S/c1-5-19-24-17(15-26-19)13-22-20(21-4)23-14-18(25(6-2)7-3)16-11-9-8-10-12-16/h8-12,15,18H,5-7,13-14H2,1-4H3,(H2,21,22,23). The lowest BCUT2D eigenvalue weighted by Crippen LogP contribution is -2.43. The van der Waals surface area contributed by atoms with Gasteiger partial charge >= 0.3 is 0 Å². The molecule has 1 aromatic carbocycles. The Morgan fingerprint density at radius 2 is 1.88 bits per heavy atom. The van der Waals surface area contributed by atoms with E-state index < -0.39 is 0 Å². The summed E-state index contributed by atoms with van der Waals surface area (Å²) in [6.45, 7) is 10.1. The topological polar surface area (TPSA) is 52.6 Å². The second-order valence-corrected chi connectivity index (χ2v) is 6.98. The van der Waals surface area contributed by atoms with E-state index in [2.05, 4.69) is 82.0 Å². The Bertz CT molecular complexity index is 664. The van der Waals surface area contributed by atoms with Crippen LogP contribution in [0, 0.1) is 0 Å². The maximum Gasteiger partial charge on any atom is 0.191 e. The lowest BCUT2D eigenvalue weighted by atomic mass is 10.1. The van der Waals surface area contributed by atoms with Crippen molar-refractivity contribution in [3.05, 3.63) is 52.0 Å². The number of aryl methyl sites for hydroxylation is 1. The van der Waals surface area contributed by atoms with Crippen LogP contribution in [0.25, 0.3) is 0 Å². The summed E-state index contributed by atoms with van der Waals surface area (Å²) in [5, 5.41) is 10.1. The summed E-state index contributed by atoms with van der Waals surface area (Å²) in [6.07, 6.45) is 0.986. The van der Waals surface area contributed by atoms with E-state index in [0.717, 1.165) is 37.7 Å². The largest absolute Gasteiger partial charge is 0.354 e. The Balaban J connectivity index is 1.96. The first-order valence-corrected chi connectivity index (χ1v) is 10.3. The van der Waals surface area contributed by atoms with E-state index in [4.69, 9.17) is 0 Å². The van der Waals surface area contributed by atoms with E-state index in [-0.39, 0.29) is 0 Å². The van der Waals surface area contributed by atoms with Crippen LogP contribution in [-0.4, -0.2) is 42.5 Å². The number of likely N-dealkylation sites (N-methyl/N-ethyl adjacent to an activating group) is 1. The highest BCUT2D eigenvalue weighted by molar-refractivity contribution is 7.09. The van der Waals surface area contributed by atoms with E-state index in [1.807, 2.05) is 7.05 Å². The molecule has 0 aliphatic heterocycles. The third-order valence-corrected chi connectivity index (χ3v) is 5.50. The average Bonchev–Trinajstić information content (AvgIpc) is 3.16. The summed E-state index contributed by atoms with van der Waals surface area (Å²) < 4.78 is 0. The molecule has 1 heterocycles. The van der Waals surface area contributed by atoms with Crippen molar-refractivity contribution in [3.8, 4) is 0 Å². The lowest BCUT2D eigenvalue weighted by Gasteiger charge is -2.30. The van der Waals surface area contributed by atoms with E-state index in [9.17, 15) is 0 Å². The number of hydrogen-bond acceptors (Lipinski definition) is 4. The molecule has 5 nitrogen and oxygen atoms in total. The SMILES string of the molecule is CCc1nc(CNC(=NC)NCC(c2ccccc2)N(CC)CC)cs1. The van der Waals surface area contributed by atoms with Crippen molar-refractivity contribution in [2.45, 2.75) is 39.8 Å². The monoisotopic (exact) mass is 373 g/mol. The Hall–Kier alpha value is -1.92. The summed E-state index contributed by atoms with van der Waals surface area (Å²) in [7, 11) is 1.81. The molecule has 6 heteroatoms. The fourth-order valence-corrected chi connectivity index (χ4v) is 3.72. The molecule has 2 N–H and O–H groups in total. The number of thiazole rings is 1. The van der Waals surface area contributed by atoms with Gasteiger partial charge in [-0.3, -0.25) is 9.89 Å². The number of benzene rings is 1.